The molecule has 5 aliphatic rings. The highest BCUT2D eigenvalue weighted by atomic mass is 16.7. The lowest BCUT2D eigenvalue weighted by atomic mass is 9.81. The van der Waals surface area contributed by atoms with Crippen LogP contribution in [0.15, 0.2) is 23.3 Å². The molecular weight excluding hydrogens is 268 g/mol. The zero-order valence-corrected chi connectivity index (χ0v) is 12.1. The summed E-state index contributed by atoms with van der Waals surface area (Å²) in [5.74, 6) is 0.737. The molecule has 2 aliphatic carbocycles. The van der Waals surface area contributed by atoms with Crippen LogP contribution in [0.2, 0.25) is 0 Å². The van der Waals surface area contributed by atoms with E-state index in [1.165, 1.54) is 18.4 Å². The minimum absolute atomic E-state index is 0.195. The second-order valence-electron chi connectivity index (χ2n) is 6.95. The van der Waals surface area contributed by atoms with E-state index in [0.29, 0.717) is 25.6 Å². The molecule has 0 amide bonds. The predicted octanol–water partition coefficient (Wildman–Crippen LogP) is 2.29. The van der Waals surface area contributed by atoms with E-state index in [-0.39, 0.29) is 11.4 Å². The normalized spacial score (nSPS) is 45.3. The molecule has 3 atom stereocenters. The summed E-state index contributed by atoms with van der Waals surface area (Å²) in [6.45, 7) is 1.16. The van der Waals surface area contributed by atoms with Gasteiger partial charge >= 0.3 is 0 Å². The van der Waals surface area contributed by atoms with E-state index in [1.54, 1.807) is 0 Å². The Morgan fingerprint density at radius 3 is 2.86 bits per heavy atom. The fraction of sp³-hybridized carbons (Fsp3) is 0.706. The number of rotatable bonds is 1. The minimum atomic E-state index is -0.779. The summed E-state index contributed by atoms with van der Waals surface area (Å²) in [6, 6.07) is 0. The second kappa shape index (κ2) is 4.06. The number of fused-ring (bicyclic) bond motifs is 2. The smallest absolute Gasteiger partial charge is 0.194 e. The molecule has 1 saturated heterocycles. The maximum Gasteiger partial charge on any atom is 0.194 e. The monoisotopic (exact) mass is 288 g/mol. The first-order valence-corrected chi connectivity index (χ1v) is 8.13. The lowest BCUT2D eigenvalue weighted by Crippen LogP contribution is -2.48. The largest absolute Gasteiger partial charge is 0.350 e. The standard InChI is InChI=1S/C17H20O4/c18-13-4-3-11-10-12-2-1-5-16(12)6-7-17(21-16,14(11)13)15-19-8-9-20-15/h6-7,12,15H,1-5,8-10H2/t12-,16-,17+/m0/s1. The Balaban J connectivity index is 1.69. The third-order valence-electron chi connectivity index (χ3n) is 5.92. The summed E-state index contributed by atoms with van der Waals surface area (Å²) in [5.41, 5.74) is 1.19. The number of ether oxygens (including phenoxy) is 3. The molecule has 3 aliphatic heterocycles. The Labute approximate surface area is 124 Å². The molecule has 5 rings (SSSR count). The first kappa shape index (κ1) is 12.6. The van der Waals surface area contributed by atoms with Crippen molar-refractivity contribution in [3.05, 3.63) is 23.3 Å². The van der Waals surface area contributed by atoms with Gasteiger partial charge in [0.2, 0.25) is 0 Å². The number of carbonyl (C=O) groups is 1. The average Bonchev–Trinajstić information content (AvgIpc) is 3.20. The Hall–Kier alpha value is -0.970. The van der Waals surface area contributed by atoms with Crippen LogP contribution in [-0.2, 0) is 19.0 Å². The van der Waals surface area contributed by atoms with Crippen LogP contribution in [0.4, 0.5) is 0 Å². The third-order valence-corrected chi connectivity index (χ3v) is 5.92. The van der Waals surface area contributed by atoms with E-state index < -0.39 is 11.9 Å². The molecule has 2 bridgehead atoms. The molecule has 0 radical (unpaired) electrons. The fourth-order valence-electron chi connectivity index (χ4n) is 5.04. The molecule has 4 heteroatoms. The second-order valence-corrected chi connectivity index (χ2v) is 6.95. The third kappa shape index (κ3) is 1.48. The van der Waals surface area contributed by atoms with Crippen molar-refractivity contribution >= 4 is 5.78 Å². The zero-order valence-electron chi connectivity index (χ0n) is 12.1. The maximum absolute atomic E-state index is 12.5. The van der Waals surface area contributed by atoms with Crippen molar-refractivity contribution in [2.45, 2.75) is 56.0 Å². The van der Waals surface area contributed by atoms with Crippen LogP contribution in [-0.4, -0.2) is 36.5 Å². The molecule has 0 aromatic heterocycles. The van der Waals surface area contributed by atoms with Gasteiger partial charge in [-0.1, -0.05) is 11.6 Å². The van der Waals surface area contributed by atoms with Crippen molar-refractivity contribution in [3.8, 4) is 0 Å². The molecule has 0 aromatic carbocycles. The average molecular weight is 288 g/mol. The number of hydrogen-bond donors (Lipinski definition) is 0. The van der Waals surface area contributed by atoms with Crippen LogP contribution in [0.3, 0.4) is 0 Å². The van der Waals surface area contributed by atoms with E-state index in [0.717, 1.165) is 24.8 Å². The number of ketones is 1. The molecule has 3 heterocycles. The predicted molar refractivity (Wildman–Crippen MR) is 74.6 cm³/mol. The maximum atomic E-state index is 12.5. The van der Waals surface area contributed by atoms with Crippen LogP contribution < -0.4 is 0 Å². The summed E-state index contributed by atoms with van der Waals surface area (Å²) in [5, 5.41) is 0. The van der Waals surface area contributed by atoms with Crippen LogP contribution in [0, 0.1) is 5.92 Å². The Morgan fingerprint density at radius 2 is 2.00 bits per heavy atom. The van der Waals surface area contributed by atoms with Crippen LogP contribution in [0.5, 0.6) is 0 Å². The van der Waals surface area contributed by atoms with Gasteiger partial charge in [0, 0.05) is 12.0 Å². The van der Waals surface area contributed by atoms with E-state index in [9.17, 15) is 4.79 Å². The SMILES string of the molecule is O=C1CCC2=C1[C@@]1(C3OCCO3)C=C[C@]3(CCC[C@H]3C2)O1. The van der Waals surface area contributed by atoms with Gasteiger partial charge in [0.05, 0.1) is 18.8 Å². The molecule has 112 valence electrons. The summed E-state index contributed by atoms with van der Waals surface area (Å²) in [4.78, 5) is 12.5. The van der Waals surface area contributed by atoms with Crippen molar-refractivity contribution in [2.75, 3.05) is 13.2 Å². The highest BCUT2D eigenvalue weighted by molar-refractivity contribution is 6.01. The Bertz CT molecular complexity index is 571. The molecule has 1 saturated carbocycles. The topological polar surface area (TPSA) is 44.8 Å². The zero-order chi connectivity index (χ0) is 14.1. The molecule has 21 heavy (non-hydrogen) atoms. The van der Waals surface area contributed by atoms with Gasteiger partial charge in [-0.05, 0) is 44.1 Å². The summed E-state index contributed by atoms with van der Waals surface area (Å²) in [6.07, 6.45) is 9.81. The quantitative estimate of drug-likeness (QED) is 0.694. The van der Waals surface area contributed by atoms with Gasteiger partial charge in [-0.2, -0.15) is 0 Å². The number of carbonyl (C=O) groups excluding carboxylic acids is 1. The van der Waals surface area contributed by atoms with Gasteiger partial charge in [0.1, 0.15) is 0 Å². The molecule has 0 aromatic rings. The van der Waals surface area contributed by atoms with Gasteiger partial charge in [-0.25, -0.2) is 0 Å². The van der Waals surface area contributed by atoms with E-state index in [1.807, 2.05) is 0 Å². The lowest BCUT2D eigenvalue weighted by Gasteiger charge is -2.37. The van der Waals surface area contributed by atoms with Crippen molar-refractivity contribution in [3.63, 3.8) is 0 Å². The van der Waals surface area contributed by atoms with Gasteiger partial charge < -0.3 is 14.2 Å². The van der Waals surface area contributed by atoms with E-state index >= 15 is 0 Å². The minimum Gasteiger partial charge on any atom is -0.350 e. The molecular formula is C17H20O4. The first-order chi connectivity index (χ1) is 10.2. The Kier molecular flexibility index (Phi) is 2.43. The van der Waals surface area contributed by atoms with Crippen molar-refractivity contribution in [1.29, 1.82) is 0 Å². The van der Waals surface area contributed by atoms with E-state index in [4.69, 9.17) is 14.2 Å². The van der Waals surface area contributed by atoms with Gasteiger partial charge in [-0.15, -0.1) is 0 Å². The molecule has 4 nitrogen and oxygen atoms in total. The highest BCUT2D eigenvalue weighted by Gasteiger charge is 2.61. The summed E-state index contributed by atoms with van der Waals surface area (Å²) < 4.78 is 18.2. The number of hydrogen-bond acceptors (Lipinski definition) is 4. The highest BCUT2D eigenvalue weighted by Crippen LogP contribution is 2.57. The van der Waals surface area contributed by atoms with Crippen LogP contribution >= 0.6 is 0 Å². The van der Waals surface area contributed by atoms with Gasteiger partial charge in [0.15, 0.2) is 17.7 Å². The van der Waals surface area contributed by atoms with E-state index in [2.05, 4.69) is 12.2 Å². The summed E-state index contributed by atoms with van der Waals surface area (Å²) in [7, 11) is 0. The number of allylic oxidation sites excluding steroid dienone is 1. The Morgan fingerprint density at radius 1 is 1.14 bits per heavy atom. The van der Waals surface area contributed by atoms with Crippen LogP contribution in [0.25, 0.3) is 0 Å². The van der Waals surface area contributed by atoms with Crippen LogP contribution in [0.1, 0.15) is 38.5 Å². The van der Waals surface area contributed by atoms with Crippen molar-refractivity contribution in [1.82, 2.24) is 0 Å². The lowest BCUT2D eigenvalue weighted by molar-refractivity contribution is -0.197. The van der Waals surface area contributed by atoms with Gasteiger partial charge in [-0.3, -0.25) is 4.79 Å². The molecule has 1 spiro atoms. The van der Waals surface area contributed by atoms with Crippen molar-refractivity contribution < 1.29 is 19.0 Å². The molecule has 0 unspecified atom stereocenters. The van der Waals surface area contributed by atoms with Gasteiger partial charge in [0.25, 0.3) is 0 Å². The van der Waals surface area contributed by atoms with Crippen molar-refractivity contribution in [2.24, 2.45) is 5.92 Å². The summed E-state index contributed by atoms with van der Waals surface area (Å²) >= 11 is 0. The molecule has 2 fully saturated rings. The molecule has 0 N–H and O–H groups in total. The number of Topliss-reactive ketones (excluding diaryl/α,β-unsaturated/α-hetero) is 1. The fourth-order valence-corrected chi connectivity index (χ4v) is 5.04. The first-order valence-electron chi connectivity index (χ1n) is 8.13.